The van der Waals surface area contributed by atoms with Crippen LogP contribution in [-0.4, -0.2) is 61.4 Å². The van der Waals surface area contributed by atoms with Gasteiger partial charge in [0, 0.05) is 45.4 Å². The number of halogens is 2. The van der Waals surface area contributed by atoms with Crippen LogP contribution in [0.3, 0.4) is 0 Å². The monoisotopic (exact) mass is 392 g/mol. The molecule has 0 aromatic rings. The molecule has 26 heavy (non-hydrogen) atoms. The largest absolute Gasteiger partial charge is 0.342 e. The maximum atomic E-state index is 13.2. The molecule has 2 heterocycles. The minimum absolute atomic E-state index is 0.0277. The lowest BCUT2D eigenvalue weighted by Gasteiger charge is -2.40. The molecule has 8 heteroatoms. The molecule has 0 spiro atoms. The zero-order valence-electron chi connectivity index (χ0n) is 15.3. The number of hydrogen-bond acceptors (Lipinski definition) is 3. The summed E-state index contributed by atoms with van der Waals surface area (Å²) < 4.78 is 53.1. The molecular weight excluding hydrogens is 362 g/mol. The summed E-state index contributed by atoms with van der Waals surface area (Å²) in [5.74, 6) is -1.74. The summed E-state index contributed by atoms with van der Waals surface area (Å²) in [6, 6.07) is 0. The highest BCUT2D eigenvalue weighted by Crippen LogP contribution is 2.37. The number of piperidine rings is 2. The van der Waals surface area contributed by atoms with Gasteiger partial charge in [-0.2, -0.15) is 0 Å². The van der Waals surface area contributed by atoms with Gasteiger partial charge in [-0.1, -0.05) is 19.3 Å². The lowest BCUT2D eigenvalue weighted by Crippen LogP contribution is -2.45. The zero-order valence-corrected chi connectivity index (χ0v) is 16.2. The Bertz CT molecular complexity index is 602. The first-order chi connectivity index (χ1) is 12.3. The van der Waals surface area contributed by atoms with E-state index in [0.29, 0.717) is 24.9 Å². The van der Waals surface area contributed by atoms with Gasteiger partial charge in [-0.05, 0) is 31.1 Å². The van der Waals surface area contributed by atoms with Crippen molar-refractivity contribution in [3.05, 3.63) is 0 Å². The third-order valence-electron chi connectivity index (χ3n) is 6.29. The van der Waals surface area contributed by atoms with Gasteiger partial charge in [0.15, 0.2) is 0 Å². The van der Waals surface area contributed by atoms with Gasteiger partial charge in [0.2, 0.25) is 15.9 Å². The Hall–Kier alpha value is -0.760. The summed E-state index contributed by atoms with van der Waals surface area (Å²) in [7, 11) is -3.34. The van der Waals surface area contributed by atoms with Gasteiger partial charge in [0.05, 0.1) is 5.75 Å². The topological polar surface area (TPSA) is 57.7 Å². The van der Waals surface area contributed by atoms with Gasteiger partial charge in [-0.3, -0.25) is 4.79 Å². The first-order valence-electron chi connectivity index (χ1n) is 9.90. The molecule has 2 saturated heterocycles. The first-order valence-corrected chi connectivity index (χ1v) is 11.5. The molecule has 1 aliphatic carbocycles. The first kappa shape index (κ1) is 20.0. The standard InChI is InChI=1S/C18H30F2N2O3S/c19-18(20)8-11-21(12-9-18)17(23)6-3-13-26(24,25)22-10-7-15-4-1-2-5-16(15)14-22/h15-16H,1-14H2. The van der Waals surface area contributed by atoms with Crippen LogP contribution in [0.1, 0.15) is 57.8 Å². The van der Waals surface area contributed by atoms with Crippen molar-refractivity contribution >= 4 is 15.9 Å². The number of hydrogen-bond donors (Lipinski definition) is 0. The molecule has 0 aromatic heterocycles. The van der Waals surface area contributed by atoms with E-state index in [2.05, 4.69) is 0 Å². The van der Waals surface area contributed by atoms with Crippen molar-refractivity contribution in [2.75, 3.05) is 31.9 Å². The fourth-order valence-electron chi connectivity index (χ4n) is 4.60. The summed E-state index contributed by atoms with van der Waals surface area (Å²) in [4.78, 5) is 13.6. The van der Waals surface area contributed by atoms with Crippen LogP contribution in [0.2, 0.25) is 0 Å². The maximum Gasteiger partial charge on any atom is 0.251 e. The van der Waals surface area contributed by atoms with Crippen molar-refractivity contribution < 1.29 is 22.0 Å². The van der Waals surface area contributed by atoms with Gasteiger partial charge < -0.3 is 4.90 Å². The molecule has 2 unspecified atom stereocenters. The van der Waals surface area contributed by atoms with Crippen LogP contribution >= 0.6 is 0 Å². The van der Waals surface area contributed by atoms with E-state index < -0.39 is 15.9 Å². The number of likely N-dealkylation sites (tertiary alicyclic amines) is 1. The van der Waals surface area contributed by atoms with Crippen LogP contribution in [0.25, 0.3) is 0 Å². The van der Waals surface area contributed by atoms with Gasteiger partial charge in [-0.15, -0.1) is 0 Å². The average Bonchev–Trinajstić information content (AvgIpc) is 2.61. The Morgan fingerprint density at radius 1 is 1.00 bits per heavy atom. The summed E-state index contributed by atoms with van der Waals surface area (Å²) >= 11 is 0. The molecule has 2 aliphatic heterocycles. The Morgan fingerprint density at radius 3 is 2.35 bits per heavy atom. The molecule has 5 nitrogen and oxygen atoms in total. The minimum Gasteiger partial charge on any atom is -0.342 e. The van der Waals surface area contributed by atoms with E-state index in [-0.39, 0.29) is 50.4 Å². The fraction of sp³-hybridized carbons (Fsp3) is 0.944. The van der Waals surface area contributed by atoms with Crippen molar-refractivity contribution in [3.8, 4) is 0 Å². The molecule has 0 bridgehead atoms. The molecule has 1 saturated carbocycles. The maximum absolute atomic E-state index is 13.2. The second kappa shape index (κ2) is 8.09. The Labute approximate surface area is 155 Å². The predicted molar refractivity (Wildman–Crippen MR) is 95.4 cm³/mol. The van der Waals surface area contributed by atoms with E-state index in [1.807, 2.05) is 0 Å². The van der Waals surface area contributed by atoms with Crippen LogP contribution < -0.4 is 0 Å². The third kappa shape index (κ3) is 4.94. The summed E-state index contributed by atoms with van der Waals surface area (Å²) in [6.45, 7) is 1.35. The second-order valence-corrected chi connectivity index (χ2v) is 10.2. The number of alkyl halides is 2. The van der Waals surface area contributed by atoms with Crippen LogP contribution in [0.15, 0.2) is 0 Å². The molecule has 2 atom stereocenters. The molecule has 0 N–H and O–H groups in total. The van der Waals surface area contributed by atoms with E-state index in [0.717, 1.165) is 12.8 Å². The highest BCUT2D eigenvalue weighted by Gasteiger charge is 2.37. The molecule has 3 fully saturated rings. The van der Waals surface area contributed by atoms with Crippen molar-refractivity contribution in [1.82, 2.24) is 9.21 Å². The van der Waals surface area contributed by atoms with Crippen LogP contribution in [0.5, 0.6) is 0 Å². The predicted octanol–water partition coefficient (Wildman–Crippen LogP) is 2.87. The normalized spacial score (nSPS) is 30.0. The minimum atomic E-state index is -3.34. The van der Waals surface area contributed by atoms with Crippen molar-refractivity contribution in [2.45, 2.75) is 63.7 Å². The number of carbonyl (C=O) groups is 1. The van der Waals surface area contributed by atoms with E-state index in [1.165, 1.54) is 24.2 Å². The Morgan fingerprint density at radius 2 is 1.65 bits per heavy atom. The third-order valence-corrected chi connectivity index (χ3v) is 8.21. The summed E-state index contributed by atoms with van der Waals surface area (Å²) in [5, 5.41) is 0. The highest BCUT2D eigenvalue weighted by molar-refractivity contribution is 7.89. The molecular formula is C18H30F2N2O3S. The molecule has 150 valence electrons. The van der Waals surface area contributed by atoms with Crippen molar-refractivity contribution in [3.63, 3.8) is 0 Å². The van der Waals surface area contributed by atoms with Crippen molar-refractivity contribution in [1.29, 1.82) is 0 Å². The quantitative estimate of drug-likeness (QED) is 0.723. The van der Waals surface area contributed by atoms with Crippen LogP contribution in [-0.2, 0) is 14.8 Å². The molecule has 0 aromatic carbocycles. The van der Waals surface area contributed by atoms with E-state index in [9.17, 15) is 22.0 Å². The number of fused-ring (bicyclic) bond motifs is 1. The number of sulfonamides is 1. The highest BCUT2D eigenvalue weighted by atomic mass is 32.2. The van der Waals surface area contributed by atoms with E-state index in [4.69, 9.17) is 0 Å². The van der Waals surface area contributed by atoms with Gasteiger partial charge in [0.25, 0.3) is 5.92 Å². The number of amides is 1. The molecule has 3 rings (SSSR count). The Balaban J connectivity index is 1.43. The number of carbonyl (C=O) groups excluding carboxylic acids is 1. The average molecular weight is 393 g/mol. The van der Waals surface area contributed by atoms with E-state index >= 15 is 0 Å². The SMILES string of the molecule is O=C(CCCS(=O)(=O)N1CCC2CCCCC2C1)N1CCC(F)(F)CC1. The molecule has 3 aliphatic rings. The summed E-state index contributed by atoms with van der Waals surface area (Å²) in [5.41, 5.74) is 0. The fourth-order valence-corrected chi connectivity index (χ4v) is 6.17. The van der Waals surface area contributed by atoms with E-state index in [1.54, 1.807) is 4.31 Å². The number of nitrogens with zero attached hydrogens (tertiary/aromatic N) is 2. The number of rotatable bonds is 5. The molecule has 0 radical (unpaired) electrons. The van der Waals surface area contributed by atoms with Crippen LogP contribution in [0.4, 0.5) is 8.78 Å². The molecule has 1 amide bonds. The van der Waals surface area contributed by atoms with Gasteiger partial charge in [0.1, 0.15) is 0 Å². The zero-order chi connectivity index (χ0) is 18.8. The van der Waals surface area contributed by atoms with Gasteiger partial charge in [-0.25, -0.2) is 21.5 Å². The summed E-state index contributed by atoms with van der Waals surface area (Å²) in [6.07, 6.45) is 5.53. The van der Waals surface area contributed by atoms with Gasteiger partial charge >= 0.3 is 0 Å². The smallest absolute Gasteiger partial charge is 0.251 e. The second-order valence-electron chi connectivity index (χ2n) is 8.11. The van der Waals surface area contributed by atoms with Crippen LogP contribution in [0, 0.1) is 11.8 Å². The Kier molecular flexibility index (Phi) is 6.22. The lowest BCUT2D eigenvalue weighted by atomic mass is 9.76. The lowest BCUT2D eigenvalue weighted by molar-refractivity contribution is -0.137. The van der Waals surface area contributed by atoms with Crippen molar-refractivity contribution in [2.24, 2.45) is 11.8 Å².